The van der Waals surface area contributed by atoms with Gasteiger partial charge < -0.3 is 15.4 Å². The number of aryl methyl sites for hydroxylation is 1. The Morgan fingerprint density at radius 1 is 0.850 bits per heavy atom. The first kappa shape index (κ1) is 26.7. The fourth-order valence-corrected chi connectivity index (χ4v) is 5.01. The number of ether oxygens (including phenoxy) is 1. The molecule has 0 fully saturated rings. The standard InChI is InChI=1S/C31H24FN3O4S/c1-19-6-12-22(13-7-19)33-27-28(31(38)35(30(27)37)24-14-10-21(32)11-15-24)40-26-5-3-4-23(18-26)34-29(36)20-8-16-25(39-2)17-9-20/h3-18,33H,1-2H3,(H,34,36). The summed E-state index contributed by atoms with van der Waals surface area (Å²) in [5.41, 5.74) is 3.03. The molecule has 4 aromatic rings. The number of rotatable bonds is 8. The summed E-state index contributed by atoms with van der Waals surface area (Å²) in [6, 6.07) is 26.3. The van der Waals surface area contributed by atoms with Crippen LogP contribution in [0.2, 0.25) is 0 Å². The zero-order chi connectivity index (χ0) is 28.2. The Hall–Kier alpha value is -4.89. The van der Waals surface area contributed by atoms with Crippen LogP contribution in [-0.4, -0.2) is 24.8 Å². The topological polar surface area (TPSA) is 87.7 Å². The van der Waals surface area contributed by atoms with E-state index in [4.69, 9.17) is 4.74 Å². The van der Waals surface area contributed by atoms with Gasteiger partial charge in [0, 0.05) is 21.8 Å². The lowest BCUT2D eigenvalue weighted by molar-refractivity contribution is -0.120. The quantitative estimate of drug-likeness (QED) is 0.246. The molecule has 1 heterocycles. The van der Waals surface area contributed by atoms with Gasteiger partial charge in [-0.3, -0.25) is 14.4 Å². The molecule has 9 heteroatoms. The summed E-state index contributed by atoms with van der Waals surface area (Å²) in [5, 5.41) is 5.95. The Morgan fingerprint density at radius 3 is 2.23 bits per heavy atom. The number of benzene rings is 4. The van der Waals surface area contributed by atoms with E-state index in [1.54, 1.807) is 55.6 Å². The molecular weight excluding hydrogens is 529 g/mol. The molecule has 0 bridgehead atoms. The van der Waals surface area contributed by atoms with E-state index in [0.29, 0.717) is 27.6 Å². The van der Waals surface area contributed by atoms with Gasteiger partial charge in [0.25, 0.3) is 17.7 Å². The summed E-state index contributed by atoms with van der Waals surface area (Å²) >= 11 is 1.10. The van der Waals surface area contributed by atoms with E-state index in [0.717, 1.165) is 22.2 Å². The minimum absolute atomic E-state index is 0.107. The molecule has 7 nitrogen and oxygen atoms in total. The molecule has 0 atom stereocenters. The van der Waals surface area contributed by atoms with Crippen LogP contribution in [0.4, 0.5) is 21.5 Å². The van der Waals surface area contributed by atoms with Crippen molar-refractivity contribution in [1.29, 1.82) is 0 Å². The molecular formula is C31H24FN3O4S. The summed E-state index contributed by atoms with van der Waals surface area (Å²) in [6.45, 7) is 1.95. The van der Waals surface area contributed by atoms with Crippen LogP contribution in [0, 0.1) is 12.7 Å². The molecule has 0 aliphatic carbocycles. The van der Waals surface area contributed by atoms with Crippen molar-refractivity contribution in [2.45, 2.75) is 11.8 Å². The third kappa shape index (κ3) is 5.74. The Balaban J connectivity index is 1.43. The highest BCUT2D eigenvalue weighted by Crippen LogP contribution is 2.38. The number of anilines is 3. The smallest absolute Gasteiger partial charge is 0.283 e. The average molecular weight is 554 g/mol. The molecule has 0 saturated heterocycles. The van der Waals surface area contributed by atoms with Crippen molar-refractivity contribution in [1.82, 2.24) is 0 Å². The fourth-order valence-electron chi connectivity index (χ4n) is 4.02. The van der Waals surface area contributed by atoms with Crippen molar-refractivity contribution in [2.24, 2.45) is 0 Å². The summed E-state index contributed by atoms with van der Waals surface area (Å²) in [7, 11) is 1.55. The maximum Gasteiger partial charge on any atom is 0.283 e. The number of amides is 3. The number of nitrogens with zero attached hydrogens (tertiary/aromatic N) is 1. The molecule has 0 saturated carbocycles. The molecule has 0 spiro atoms. The molecule has 40 heavy (non-hydrogen) atoms. The van der Waals surface area contributed by atoms with Crippen LogP contribution < -0.4 is 20.3 Å². The number of carbonyl (C=O) groups excluding carboxylic acids is 3. The van der Waals surface area contributed by atoms with Crippen LogP contribution >= 0.6 is 11.8 Å². The Kier molecular flexibility index (Phi) is 7.65. The molecule has 0 unspecified atom stereocenters. The van der Waals surface area contributed by atoms with Crippen molar-refractivity contribution in [2.75, 3.05) is 22.6 Å². The van der Waals surface area contributed by atoms with Gasteiger partial charge in [0.15, 0.2) is 0 Å². The fraction of sp³-hybridized carbons (Fsp3) is 0.0645. The second-order valence-corrected chi connectivity index (χ2v) is 10.0. The Morgan fingerprint density at radius 2 is 1.55 bits per heavy atom. The van der Waals surface area contributed by atoms with E-state index < -0.39 is 17.6 Å². The van der Waals surface area contributed by atoms with Crippen molar-refractivity contribution in [3.8, 4) is 5.75 Å². The first-order valence-electron chi connectivity index (χ1n) is 12.3. The molecule has 4 aromatic carbocycles. The van der Waals surface area contributed by atoms with Crippen LogP contribution in [-0.2, 0) is 9.59 Å². The minimum Gasteiger partial charge on any atom is -0.497 e. The SMILES string of the molecule is COc1ccc(C(=O)Nc2cccc(SC3=C(Nc4ccc(C)cc4)C(=O)N(c4ccc(F)cc4)C3=O)c2)cc1. The monoisotopic (exact) mass is 553 g/mol. The van der Waals surface area contributed by atoms with Gasteiger partial charge in [0.05, 0.1) is 12.8 Å². The second kappa shape index (κ2) is 11.5. The highest BCUT2D eigenvalue weighted by molar-refractivity contribution is 8.04. The lowest BCUT2D eigenvalue weighted by atomic mass is 10.2. The molecule has 200 valence electrons. The lowest BCUT2D eigenvalue weighted by Gasteiger charge is -2.15. The number of hydrogen-bond acceptors (Lipinski definition) is 6. The first-order chi connectivity index (χ1) is 19.3. The molecule has 2 N–H and O–H groups in total. The zero-order valence-electron chi connectivity index (χ0n) is 21.6. The van der Waals surface area contributed by atoms with Gasteiger partial charge in [0.2, 0.25) is 0 Å². The number of thioether (sulfide) groups is 1. The number of hydrogen-bond donors (Lipinski definition) is 2. The van der Waals surface area contributed by atoms with Crippen molar-refractivity contribution in [3.63, 3.8) is 0 Å². The van der Waals surface area contributed by atoms with Gasteiger partial charge in [-0.25, -0.2) is 9.29 Å². The number of methoxy groups -OCH3 is 1. The van der Waals surface area contributed by atoms with Gasteiger partial charge in [-0.1, -0.05) is 35.5 Å². The maximum absolute atomic E-state index is 13.6. The van der Waals surface area contributed by atoms with E-state index in [-0.39, 0.29) is 22.2 Å². The van der Waals surface area contributed by atoms with Gasteiger partial charge in [-0.15, -0.1) is 0 Å². The van der Waals surface area contributed by atoms with Crippen molar-refractivity contribution < 1.29 is 23.5 Å². The van der Waals surface area contributed by atoms with E-state index in [1.807, 2.05) is 31.2 Å². The van der Waals surface area contributed by atoms with Gasteiger partial charge in [-0.05, 0) is 85.8 Å². The number of halogens is 1. The van der Waals surface area contributed by atoms with Crippen LogP contribution in [0.1, 0.15) is 15.9 Å². The number of nitrogens with one attached hydrogen (secondary N) is 2. The predicted molar refractivity (Wildman–Crippen MR) is 154 cm³/mol. The third-order valence-electron chi connectivity index (χ3n) is 6.11. The van der Waals surface area contributed by atoms with Gasteiger partial charge in [0.1, 0.15) is 22.2 Å². The maximum atomic E-state index is 13.6. The second-order valence-electron chi connectivity index (χ2n) is 8.93. The van der Waals surface area contributed by atoms with Crippen LogP contribution in [0.25, 0.3) is 0 Å². The third-order valence-corrected chi connectivity index (χ3v) is 7.18. The number of carbonyl (C=O) groups is 3. The summed E-state index contributed by atoms with van der Waals surface area (Å²) < 4.78 is 18.7. The van der Waals surface area contributed by atoms with E-state index in [9.17, 15) is 18.8 Å². The molecule has 0 radical (unpaired) electrons. The lowest BCUT2D eigenvalue weighted by Crippen LogP contribution is -2.32. The summed E-state index contributed by atoms with van der Waals surface area (Å²) in [5.74, 6) is -1.23. The van der Waals surface area contributed by atoms with Crippen molar-refractivity contribution in [3.05, 3.63) is 125 Å². The Bertz CT molecular complexity index is 1620. The molecule has 3 amide bonds. The minimum atomic E-state index is -0.552. The van der Waals surface area contributed by atoms with Crippen LogP contribution in [0.15, 0.2) is 113 Å². The highest BCUT2D eigenvalue weighted by Gasteiger charge is 2.40. The molecule has 1 aliphatic heterocycles. The van der Waals surface area contributed by atoms with E-state index in [2.05, 4.69) is 10.6 Å². The first-order valence-corrected chi connectivity index (χ1v) is 13.1. The van der Waals surface area contributed by atoms with E-state index >= 15 is 0 Å². The molecule has 1 aliphatic rings. The normalized spacial score (nSPS) is 13.0. The zero-order valence-corrected chi connectivity index (χ0v) is 22.4. The summed E-state index contributed by atoms with van der Waals surface area (Å²) in [4.78, 5) is 41.7. The largest absolute Gasteiger partial charge is 0.497 e. The average Bonchev–Trinajstić information content (AvgIpc) is 3.18. The predicted octanol–water partition coefficient (Wildman–Crippen LogP) is 6.38. The molecule has 5 rings (SSSR count). The van der Waals surface area contributed by atoms with Crippen LogP contribution in [0.5, 0.6) is 5.75 Å². The highest BCUT2D eigenvalue weighted by atomic mass is 32.2. The Labute approximate surface area is 234 Å². The molecule has 0 aromatic heterocycles. The van der Waals surface area contributed by atoms with Gasteiger partial charge >= 0.3 is 0 Å². The summed E-state index contributed by atoms with van der Waals surface area (Å²) in [6.07, 6.45) is 0. The number of imide groups is 1. The van der Waals surface area contributed by atoms with Gasteiger partial charge in [-0.2, -0.15) is 0 Å². The van der Waals surface area contributed by atoms with E-state index in [1.165, 1.54) is 24.3 Å². The van der Waals surface area contributed by atoms with Crippen LogP contribution in [0.3, 0.4) is 0 Å². The van der Waals surface area contributed by atoms with Crippen molar-refractivity contribution >= 4 is 46.5 Å².